The standard InChI is InChI=1S/C26H24N2OS/c27-23-22-20-14-8-7-13-19(20)21(16-15-17-9-3-1-4-10-17)28-26(22)30-25(23)24(29)18-11-5-2-6-12-18/h1-6,9-12H,7-8,13-16,27H2. The monoisotopic (exact) mass is 412 g/mol. The van der Waals surface area contributed by atoms with E-state index < -0.39 is 0 Å². The van der Waals surface area contributed by atoms with Crippen LogP contribution in [-0.4, -0.2) is 10.8 Å². The molecular weight excluding hydrogens is 388 g/mol. The summed E-state index contributed by atoms with van der Waals surface area (Å²) in [5.74, 6) is -0.00788. The Kier molecular flexibility index (Phi) is 5.09. The number of carbonyl (C=O) groups is 1. The molecule has 0 atom stereocenters. The van der Waals surface area contributed by atoms with E-state index in [1.807, 2.05) is 30.3 Å². The zero-order valence-electron chi connectivity index (χ0n) is 16.9. The van der Waals surface area contributed by atoms with Gasteiger partial charge in [0.2, 0.25) is 5.78 Å². The van der Waals surface area contributed by atoms with Gasteiger partial charge in [0.1, 0.15) is 9.71 Å². The molecule has 0 fully saturated rings. The number of nitrogens with zero attached hydrogens (tertiary/aromatic N) is 1. The number of aryl methyl sites for hydroxylation is 3. The Hall–Kier alpha value is -2.98. The summed E-state index contributed by atoms with van der Waals surface area (Å²) in [6, 6.07) is 20.0. The Morgan fingerprint density at radius 1 is 0.900 bits per heavy atom. The fourth-order valence-electron chi connectivity index (χ4n) is 4.50. The second-order valence-electron chi connectivity index (χ2n) is 7.93. The van der Waals surface area contributed by atoms with Gasteiger partial charge in [-0.2, -0.15) is 0 Å². The molecule has 0 aliphatic heterocycles. The van der Waals surface area contributed by atoms with Crippen molar-refractivity contribution in [2.45, 2.75) is 38.5 Å². The topological polar surface area (TPSA) is 56.0 Å². The highest BCUT2D eigenvalue weighted by molar-refractivity contribution is 7.21. The second-order valence-corrected chi connectivity index (χ2v) is 8.93. The van der Waals surface area contributed by atoms with E-state index in [1.165, 1.54) is 46.6 Å². The number of rotatable bonds is 5. The summed E-state index contributed by atoms with van der Waals surface area (Å²) in [6.07, 6.45) is 6.33. The maximum absolute atomic E-state index is 13.1. The van der Waals surface area contributed by atoms with E-state index in [9.17, 15) is 4.79 Å². The molecule has 2 aromatic carbocycles. The predicted molar refractivity (Wildman–Crippen MR) is 124 cm³/mol. The smallest absolute Gasteiger partial charge is 0.205 e. The van der Waals surface area contributed by atoms with Crippen molar-refractivity contribution in [2.24, 2.45) is 0 Å². The van der Waals surface area contributed by atoms with Crippen LogP contribution >= 0.6 is 11.3 Å². The van der Waals surface area contributed by atoms with Gasteiger partial charge in [0, 0.05) is 16.6 Å². The molecule has 5 rings (SSSR count). The lowest BCUT2D eigenvalue weighted by molar-refractivity contribution is 0.104. The quantitative estimate of drug-likeness (QED) is 0.423. The number of anilines is 1. The van der Waals surface area contributed by atoms with Crippen LogP contribution in [0, 0.1) is 0 Å². The van der Waals surface area contributed by atoms with Gasteiger partial charge in [-0.3, -0.25) is 4.79 Å². The van der Waals surface area contributed by atoms with Gasteiger partial charge in [-0.15, -0.1) is 11.3 Å². The zero-order valence-corrected chi connectivity index (χ0v) is 17.7. The van der Waals surface area contributed by atoms with Gasteiger partial charge in [-0.05, 0) is 55.2 Å². The number of carbonyl (C=O) groups excluding carboxylic acids is 1. The summed E-state index contributed by atoms with van der Waals surface area (Å²) in [7, 11) is 0. The van der Waals surface area contributed by atoms with E-state index in [0.717, 1.165) is 35.9 Å². The number of hydrogen-bond donors (Lipinski definition) is 1. The SMILES string of the molecule is Nc1c(C(=O)c2ccccc2)sc2nc(CCc3ccccc3)c3c(c12)CCCC3. The third kappa shape index (κ3) is 3.41. The highest BCUT2D eigenvalue weighted by Crippen LogP contribution is 2.40. The number of nitrogen functional groups attached to an aromatic ring is 1. The van der Waals surface area contributed by atoms with Crippen molar-refractivity contribution in [3.63, 3.8) is 0 Å². The third-order valence-corrected chi connectivity index (χ3v) is 7.11. The van der Waals surface area contributed by atoms with Crippen LogP contribution in [0.1, 0.15) is 50.5 Å². The average molecular weight is 413 g/mol. The number of nitrogens with two attached hydrogens (primary N) is 1. The first-order valence-corrected chi connectivity index (χ1v) is 11.4. The minimum atomic E-state index is -0.00788. The van der Waals surface area contributed by atoms with Crippen molar-refractivity contribution in [1.82, 2.24) is 4.98 Å². The summed E-state index contributed by atoms with van der Waals surface area (Å²) >= 11 is 1.45. The Balaban J connectivity index is 1.59. The summed E-state index contributed by atoms with van der Waals surface area (Å²) in [4.78, 5) is 19.7. The van der Waals surface area contributed by atoms with E-state index in [-0.39, 0.29) is 5.78 Å². The fraction of sp³-hybridized carbons (Fsp3) is 0.231. The highest BCUT2D eigenvalue weighted by atomic mass is 32.1. The molecule has 2 heterocycles. The molecular formula is C26H24N2OS. The van der Waals surface area contributed by atoms with E-state index in [4.69, 9.17) is 10.7 Å². The van der Waals surface area contributed by atoms with Crippen LogP contribution in [0.2, 0.25) is 0 Å². The first kappa shape index (κ1) is 19.0. The van der Waals surface area contributed by atoms with Crippen molar-refractivity contribution in [3.05, 3.63) is 93.5 Å². The van der Waals surface area contributed by atoms with Crippen molar-refractivity contribution >= 4 is 33.0 Å². The molecule has 1 aliphatic carbocycles. The van der Waals surface area contributed by atoms with E-state index in [0.29, 0.717) is 16.1 Å². The molecule has 3 nitrogen and oxygen atoms in total. The van der Waals surface area contributed by atoms with Gasteiger partial charge in [0.25, 0.3) is 0 Å². The van der Waals surface area contributed by atoms with E-state index >= 15 is 0 Å². The maximum Gasteiger partial charge on any atom is 0.205 e. The number of thiophene rings is 1. The first-order chi connectivity index (χ1) is 14.7. The lowest BCUT2D eigenvalue weighted by Crippen LogP contribution is -2.10. The Morgan fingerprint density at radius 3 is 2.30 bits per heavy atom. The normalized spacial score (nSPS) is 13.3. The molecule has 0 spiro atoms. The summed E-state index contributed by atoms with van der Waals surface area (Å²) < 4.78 is 0. The maximum atomic E-state index is 13.1. The van der Waals surface area contributed by atoms with Crippen LogP contribution in [0.15, 0.2) is 60.7 Å². The molecule has 4 heteroatoms. The lowest BCUT2D eigenvalue weighted by Gasteiger charge is -2.20. The molecule has 0 radical (unpaired) electrons. The minimum absolute atomic E-state index is 0.00788. The molecule has 150 valence electrons. The van der Waals surface area contributed by atoms with Crippen molar-refractivity contribution < 1.29 is 4.79 Å². The van der Waals surface area contributed by atoms with Gasteiger partial charge in [0.15, 0.2) is 0 Å². The van der Waals surface area contributed by atoms with Crippen LogP contribution in [0.3, 0.4) is 0 Å². The summed E-state index contributed by atoms with van der Waals surface area (Å²) in [5.41, 5.74) is 13.1. The van der Waals surface area contributed by atoms with Crippen molar-refractivity contribution in [1.29, 1.82) is 0 Å². The third-order valence-electron chi connectivity index (χ3n) is 6.02. The van der Waals surface area contributed by atoms with E-state index in [2.05, 4.69) is 30.3 Å². The number of hydrogen-bond acceptors (Lipinski definition) is 4. The average Bonchev–Trinajstić information content (AvgIpc) is 3.14. The van der Waals surface area contributed by atoms with E-state index in [1.54, 1.807) is 0 Å². The lowest BCUT2D eigenvalue weighted by atomic mass is 9.87. The van der Waals surface area contributed by atoms with Gasteiger partial charge >= 0.3 is 0 Å². The predicted octanol–water partition coefficient (Wildman–Crippen LogP) is 5.77. The molecule has 0 saturated heterocycles. The largest absolute Gasteiger partial charge is 0.397 e. The van der Waals surface area contributed by atoms with Crippen molar-refractivity contribution in [2.75, 3.05) is 5.73 Å². The van der Waals surface area contributed by atoms with Crippen LogP contribution in [0.4, 0.5) is 5.69 Å². The zero-order chi connectivity index (χ0) is 20.5. The second kappa shape index (κ2) is 8.04. The highest BCUT2D eigenvalue weighted by Gasteiger charge is 2.25. The number of fused-ring (bicyclic) bond motifs is 3. The molecule has 0 unspecified atom stereocenters. The van der Waals surface area contributed by atoms with Crippen LogP contribution < -0.4 is 5.73 Å². The summed E-state index contributed by atoms with van der Waals surface area (Å²) in [5, 5.41) is 1.03. The Labute approximate surface area is 180 Å². The number of pyridine rings is 1. The fourth-order valence-corrected chi connectivity index (χ4v) is 5.60. The van der Waals surface area contributed by atoms with Gasteiger partial charge in [-0.1, -0.05) is 60.7 Å². The Bertz CT molecular complexity index is 1210. The molecule has 4 aromatic rings. The molecule has 2 N–H and O–H groups in total. The molecule has 1 aliphatic rings. The molecule has 30 heavy (non-hydrogen) atoms. The summed E-state index contributed by atoms with van der Waals surface area (Å²) in [6.45, 7) is 0. The van der Waals surface area contributed by atoms with Gasteiger partial charge in [0.05, 0.1) is 5.69 Å². The number of benzene rings is 2. The minimum Gasteiger partial charge on any atom is -0.397 e. The first-order valence-electron chi connectivity index (χ1n) is 10.6. The number of aromatic nitrogens is 1. The Morgan fingerprint density at radius 2 is 1.57 bits per heavy atom. The van der Waals surface area contributed by atoms with Crippen molar-refractivity contribution in [3.8, 4) is 0 Å². The molecule has 2 aromatic heterocycles. The molecule has 0 saturated carbocycles. The molecule has 0 bridgehead atoms. The van der Waals surface area contributed by atoms with Crippen LogP contribution in [0.25, 0.3) is 10.2 Å². The van der Waals surface area contributed by atoms with Gasteiger partial charge in [-0.25, -0.2) is 4.98 Å². The van der Waals surface area contributed by atoms with Crippen LogP contribution in [-0.2, 0) is 25.7 Å². The van der Waals surface area contributed by atoms with Gasteiger partial charge < -0.3 is 5.73 Å². The molecule has 0 amide bonds. The number of ketones is 1. The van der Waals surface area contributed by atoms with Crippen LogP contribution in [0.5, 0.6) is 0 Å².